The summed E-state index contributed by atoms with van der Waals surface area (Å²) in [6, 6.07) is 13.2. The number of carbonyl (C=O) groups excluding carboxylic acids is 1. The molecule has 2 atom stereocenters. The second kappa shape index (κ2) is 6.77. The summed E-state index contributed by atoms with van der Waals surface area (Å²) in [5, 5.41) is 13.4. The van der Waals surface area contributed by atoms with Crippen LogP contribution in [0.15, 0.2) is 52.8 Å². The highest BCUT2D eigenvalue weighted by molar-refractivity contribution is 8.13. The highest BCUT2D eigenvalue weighted by atomic mass is 32.2. The van der Waals surface area contributed by atoms with Crippen molar-refractivity contribution in [2.75, 3.05) is 18.8 Å². The van der Waals surface area contributed by atoms with E-state index in [0.29, 0.717) is 23.8 Å². The number of amides is 1. The molecule has 1 aromatic carbocycles. The molecule has 0 aliphatic carbocycles. The number of nitrogens with two attached hydrogens (primary N) is 1. The van der Waals surface area contributed by atoms with E-state index in [2.05, 4.69) is 11.4 Å². The average molecular weight is 386 g/mol. The lowest BCUT2D eigenvalue weighted by Crippen LogP contribution is -2.42. The molecule has 134 valence electrons. The van der Waals surface area contributed by atoms with Crippen molar-refractivity contribution in [1.29, 1.82) is 5.41 Å². The quantitative estimate of drug-likeness (QED) is 0.546. The Balaban J connectivity index is 1.65. The van der Waals surface area contributed by atoms with E-state index in [-0.39, 0.29) is 17.8 Å². The fraction of sp³-hybridized carbons (Fsp3) is 0.278. The first-order chi connectivity index (χ1) is 12.6. The molecule has 0 spiro atoms. The molecule has 1 fully saturated rings. The number of thiophene rings is 1. The molecule has 2 aromatic rings. The molecule has 2 aliphatic heterocycles. The van der Waals surface area contributed by atoms with Crippen LogP contribution in [0.25, 0.3) is 0 Å². The van der Waals surface area contributed by atoms with Crippen LogP contribution >= 0.6 is 23.1 Å². The van der Waals surface area contributed by atoms with Crippen LogP contribution in [0.1, 0.15) is 15.2 Å². The van der Waals surface area contributed by atoms with Gasteiger partial charge >= 0.3 is 0 Å². The second-order valence-electron chi connectivity index (χ2n) is 6.41. The highest BCUT2D eigenvalue weighted by Gasteiger charge is 2.51. The van der Waals surface area contributed by atoms with Gasteiger partial charge in [-0.2, -0.15) is 0 Å². The van der Waals surface area contributed by atoms with Gasteiger partial charge in [-0.05, 0) is 23.6 Å². The molecule has 0 bridgehead atoms. The molecule has 0 radical (unpaired) electrons. The predicted octanol–water partition coefficient (Wildman–Crippen LogP) is 2.30. The third kappa shape index (κ3) is 2.99. The molecule has 4 N–H and O–H groups in total. The number of benzene rings is 1. The third-order valence-corrected chi connectivity index (χ3v) is 6.89. The number of aliphatic imine (C=N–C) groups is 1. The van der Waals surface area contributed by atoms with Crippen LogP contribution in [0.4, 0.5) is 0 Å². The van der Waals surface area contributed by atoms with Crippen LogP contribution in [0, 0.1) is 11.3 Å². The largest absolute Gasteiger partial charge is 0.370 e. The molecule has 2 aliphatic rings. The van der Waals surface area contributed by atoms with Crippen LogP contribution in [-0.2, 0) is 5.54 Å². The van der Waals surface area contributed by atoms with Gasteiger partial charge in [-0.15, -0.1) is 11.3 Å². The van der Waals surface area contributed by atoms with Crippen LogP contribution in [-0.4, -0.2) is 40.8 Å². The zero-order chi connectivity index (χ0) is 18.1. The molecular weight excluding hydrogens is 366 g/mol. The molecule has 8 heteroatoms. The zero-order valence-corrected chi connectivity index (χ0v) is 15.6. The first kappa shape index (κ1) is 17.1. The maximum atomic E-state index is 12.5. The summed E-state index contributed by atoms with van der Waals surface area (Å²) in [6.07, 6.45) is 0. The fourth-order valence-electron chi connectivity index (χ4n) is 3.48. The number of thioether (sulfide) groups is 1. The van der Waals surface area contributed by atoms with Crippen molar-refractivity contribution in [1.82, 2.24) is 10.2 Å². The summed E-state index contributed by atoms with van der Waals surface area (Å²) in [7, 11) is 0. The smallest absolute Gasteiger partial charge is 0.257 e. The van der Waals surface area contributed by atoms with Gasteiger partial charge in [0.1, 0.15) is 5.54 Å². The second-order valence-corrected chi connectivity index (χ2v) is 8.37. The van der Waals surface area contributed by atoms with Gasteiger partial charge < -0.3 is 16.0 Å². The number of likely N-dealkylation sites (tertiary alicyclic amines) is 1. The van der Waals surface area contributed by atoms with E-state index in [1.54, 1.807) is 35.2 Å². The van der Waals surface area contributed by atoms with E-state index < -0.39 is 5.54 Å². The first-order valence-corrected chi connectivity index (χ1v) is 10.2. The number of fused-ring (bicyclic) bond motifs is 1. The molecule has 4 rings (SSSR count). The highest BCUT2D eigenvalue weighted by Crippen LogP contribution is 2.46. The van der Waals surface area contributed by atoms with E-state index in [1.807, 2.05) is 34.5 Å². The van der Waals surface area contributed by atoms with E-state index in [9.17, 15) is 4.79 Å². The zero-order valence-electron chi connectivity index (χ0n) is 14.0. The van der Waals surface area contributed by atoms with Gasteiger partial charge in [-0.3, -0.25) is 10.2 Å². The van der Waals surface area contributed by atoms with Gasteiger partial charge in [0.15, 0.2) is 11.1 Å². The Morgan fingerprint density at radius 2 is 2.12 bits per heavy atom. The van der Waals surface area contributed by atoms with Gasteiger partial charge in [0.2, 0.25) is 0 Å². The normalized spacial score (nSPS) is 24.7. The number of rotatable bonds is 2. The van der Waals surface area contributed by atoms with Crippen molar-refractivity contribution >= 4 is 40.1 Å². The lowest BCUT2D eigenvalue weighted by molar-refractivity contribution is 0.0977. The standard InChI is InChI=1S/C18H19N5OS2/c19-16(20)23-9-13-10-26-17(21-15(24)12-5-2-1-3-6-12)22-18(13,11-23)14-7-4-8-25-14/h1-8,13H,9-11H2,(H3,19,20)(H,21,22,24). The van der Waals surface area contributed by atoms with E-state index in [4.69, 9.17) is 16.1 Å². The molecule has 0 saturated carbocycles. The molecule has 1 amide bonds. The Labute approximate surface area is 160 Å². The number of amidine groups is 1. The number of hydrogen-bond acceptors (Lipinski definition) is 5. The lowest BCUT2D eigenvalue weighted by Gasteiger charge is -2.34. The summed E-state index contributed by atoms with van der Waals surface area (Å²) in [6.45, 7) is 1.28. The Bertz CT molecular complexity index is 852. The summed E-state index contributed by atoms with van der Waals surface area (Å²) < 4.78 is 0. The molecule has 1 saturated heterocycles. The van der Waals surface area contributed by atoms with Crippen molar-refractivity contribution in [3.05, 3.63) is 58.3 Å². The van der Waals surface area contributed by atoms with Gasteiger partial charge in [0.25, 0.3) is 5.91 Å². The van der Waals surface area contributed by atoms with Crippen molar-refractivity contribution < 1.29 is 4.79 Å². The minimum Gasteiger partial charge on any atom is -0.370 e. The number of guanidine groups is 1. The minimum absolute atomic E-state index is 0.0744. The summed E-state index contributed by atoms with van der Waals surface area (Å²) in [5.41, 5.74) is 5.90. The van der Waals surface area contributed by atoms with E-state index >= 15 is 0 Å². The van der Waals surface area contributed by atoms with Gasteiger partial charge in [-0.1, -0.05) is 36.0 Å². The minimum atomic E-state index is -0.454. The predicted molar refractivity (Wildman–Crippen MR) is 107 cm³/mol. The van der Waals surface area contributed by atoms with Crippen molar-refractivity contribution in [2.45, 2.75) is 5.54 Å². The summed E-state index contributed by atoms with van der Waals surface area (Å²) >= 11 is 3.22. The van der Waals surface area contributed by atoms with Crippen LogP contribution in [0.3, 0.4) is 0 Å². The Hall–Kier alpha value is -2.32. The molecule has 3 heterocycles. The van der Waals surface area contributed by atoms with E-state index in [1.165, 1.54) is 0 Å². The van der Waals surface area contributed by atoms with Gasteiger partial charge in [-0.25, -0.2) is 4.99 Å². The van der Waals surface area contributed by atoms with Crippen LogP contribution in [0.5, 0.6) is 0 Å². The van der Waals surface area contributed by atoms with Crippen LogP contribution in [0.2, 0.25) is 0 Å². The average Bonchev–Trinajstić information content (AvgIpc) is 3.30. The third-order valence-electron chi connectivity index (χ3n) is 4.82. The number of carbonyl (C=O) groups is 1. The maximum absolute atomic E-state index is 12.5. The Morgan fingerprint density at radius 1 is 1.31 bits per heavy atom. The molecule has 26 heavy (non-hydrogen) atoms. The van der Waals surface area contributed by atoms with Crippen LogP contribution < -0.4 is 11.1 Å². The molecule has 2 unspecified atom stereocenters. The Kier molecular flexibility index (Phi) is 4.46. The lowest BCUT2D eigenvalue weighted by atomic mass is 9.87. The van der Waals surface area contributed by atoms with Gasteiger partial charge in [0, 0.05) is 28.7 Å². The number of nitrogens with one attached hydrogen (secondary N) is 2. The Morgan fingerprint density at radius 3 is 2.81 bits per heavy atom. The van der Waals surface area contributed by atoms with Crippen molar-refractivity contribution in [3.8, 4) is 0 Å². The SMILES string of the molecule is N=C(N)N1CC2CSC(NC(=O)c3ccccc3)=NC2(c2cccs2)C1. The molecule has 6 nitrogen and oxygen atoms in total. The monoisotopic (exact) mass is 385 g/mol. The maximum Gasteiger partial charge on any atom is 0.257 e. The topological polar surface area (TPSA) is 94.6 Å². The molecular formula is C18H19N5OS2. The molecule has 1 aromatic heterocycles. The van der Waals surface area contributed by atoms with Gasteiger partial charge in [0.05, 0.1) is 6.54 Å². The van der Waals surface area contributed by atoms with Crippen molar-refractivity contribution in [3.63, 3.8) is 0 Å². The van der Waals surface area contributed by atoms with E-state index in [0.717, 1.165) is 10.6 Å². The summed E-state index contributed by atoms with van der Waals surface area (Å²) in [4.78, 5) is 20.5. The first-order valence-electron chi connectivity index (χ1n) is 8.30. The number of hydrogen-bond donors (Lipinski definition) is 3. The number of nitrogens with zero attached hydrogens (tertiary/aromatic N) is 2. The fourth-order valence-corrected chi connectivity index (χ4v) is 5.55. The summed E-state index contributed by atoms with van der Waals surface area (Å²) in [5.74, 6) is 1.01. The van der Waals surface area contributed by atoms with Crippen molar-refractivity contribution in [2.24, 2.45) is 16.6 Å².